The summed E-state index contributed by atoms with van der Waals surface area (Å²) in [6.45, 7) is 6.15. The molecule has 4 heteroatoms. The molecule has 1 heterocycles. The van der Waals surface area contributed by atoms with Crippen molar-refractivity contribution in [3.8, 4) is 5.88 Å². The monoisotopic (exact) mass is 290 g/mol. The second kappa shape index (κ2) is 5.47. The number of aromatic nitrogens is 2. The first-order chi connectivity index (χ1) is 9.99. The van der Waals surface area contributed by atoms with Crippen LogP contribution in [-0.2, 0) is 4.79 Å². The number of carbonyl (C=O) groups excluding carboxylic acids is 1. The number of carbonyl (C=O) groups is 1. The third-order valence-electron chi connectivity index (χ3n) is 5.51. The van der Waals surface area contributed by atoms with Crippen LogP contribution in [0.5, 0.6) is 5.88 Å². The highest BCUT2D eigenvalue weighted by Crippen LogP contribution is 2.54. The summed E-state index contributed by atoms with van der Waals surface area (Å²) in [7, 11) is 0. The highest BCUT2D eigenvalue weighted by Gasteiger charge is 2.46. The van der Waals surface area contributed by atoms with Gasteiger partial charge in [-0.3, -0.25) is 9.36 Å². The van der Waals surface area contributed by atoms with Crippen LogP contribution < -0.4 is 4.74 Å². The summed E-state index contributed by atoms with van der Waals surface area (Å²) in [6.07, 6.45) is 11.4. The van der Waals surface area contributed by atoms with Gasteiger partial charge in [0, 0.05) is 13.0 Å². The topological polar surface area (TPSA) is 44.1 Å². The molecule has 4 nitrogen and oxygen atoms in total. The Balaban J connectivity index is 1.96. The Morgan fingerprint density at radius 3 is 2.86 bits per heavy atom. The van der Waals surface area contributed by atoms with Crippen LogP contribution in [0.3, 0.4) is 0 Å². The average Bonchev–Trinajstić information content (AvgIpc) is 2.85. The molecule has 0 aromatic carbocycles. The zero-order valence-electron chi connectivity index (χ0n) is 13.3. The van der Waals surface area contributed by atoms with Gasteiger partial charge in [0.25, 0.3) is 0 Å². The number of fused-ring (bicyclic) bond motifs is 1. The minimum atomic E-state index is -0.273. The molecule has 3 atom stereocenters. The van der Waals surface area contributed by atoms with Gasteiger partial charge in [-0.15, -0.1) is 0 Å². The van der Waals surface area contributed by atoms with Crippen molar-refractivity contribution in [1.29, 1.82) is 0 Å². The molecule has 0 amide bonds. The molecule has 0 N–H and O–H groups in total. The van der Waals surface area contributed by atoms with Gasteiger partial charge < -0.3 is 4.74 Å². The Morgan fingerprint density at radius 1 is 1.33 bits per heavy atom. The number of hydrogen-bond donors (Lipinski definition) is 0. The lowest BCUT2D eigenvalue weighted by molar-refractivity contribution is -0.132. The summed E-state index contributed by atoms with van der Waals surface area (Å²) in [5.41, 5.74) is 0.216. The molecule has 0 radical (unpaired) electrons. The summed E-state index contributed by atoms with van der Waals surface area (Å²) in [4.78, 5) is 15.6. The van der Waals surface area contributed by atoms with E-state index in [4.69, 9.17) is 4.74 Å². The predicted molar refractivity (Wildman–Crippen MR) is 81.0 cm³/mol. The van der Waals surface area contributed by atoms with Gasteiger partial charge in [0.1, 0.15) is 0 Å². The van der Waals surface area contributed by atoms with Crippen molar-refractivity contribution in [2.45, 2.75) is 65.3 Å². The molecule has 0 saturated heterocycles. The third-order valence-corrected chi connectivity index (χ3v) is 5.51. The van der Waals surface area contributed by atoms with Gasteiger partial charge in [-0.2, -0.15) is 0 Å². The molecule has 0 bridgehead atoms. The van der Waals surface area contributed by atoms with E-state index in [9.17, 15) is 4.79 Å². The minimum Gasteiger partial charge on any atom is -0.408 e. The summed E-state index contributed by atoms with van der Waals surface area (Å²) < 4.78 is 7.50. The number of hydrogen-bond acceptors (Lipinski definition) is 3. The van der Waals surface area contributed by atoms with Crippen LogP contribution in [0.4, 0.5) is 0 Å². The van der Waals surface area contributed by atoms with Crippen molar-refractivity contribution in [3.63, 3.8) is 0 Å². The normalized spacial score (nSPS) is 31.5. The average molecular weight is 290 g/mol. The number of nitrogens with zero attached hydrogens (tertiary/aromatic N) is 2. The smallest absolute Gasteiger partial charge is 0.309 e. The molecular weight excluding hydrogens is 264 g/mol. The van der Waals surface area contributed by atoms with Crippen LogP contribution in [0.2, 0.25) is 0 Å². The van der Waals surface area contributed by atoms with Crippen molar-refractivity contribution in [3.05, 3.63) is 12.5 Å². The third kappa shape index (κ3) is 2.72. The molecule has 1 aromatic rings. The number of rotatable bonds is 2. The molecule has 3 rings (SSSR count). The molecule has 21 heavy (non-hydrogen) atoms. The Hall–Kier alpha value is -1.32. The van der Waals surface area contributed by atoms with Gasteiger partial charge >= 0.3 is 5.97 Å². The zero-order chi connectivity index (χ0) is 15.0. The summed E-state index contributed by atoms with van der Waals surface area (Å²) in [5, 5.41) is 0. The zero-order valence-corrected chi connectivity index (χ0v) is 13.3. The van der Waals surface area contributed by atoms with Crippen LogP contribution in [-0.4, -0.2) is 15.5 Å². The fourth-order valence-corrected chi connectivity index (χ4v) is 4.61. The van der Waals surface area contributed by atoms with E-state index in [-0.39, 0.29) is 11.4 Å². The van der Waals surface area contributed by atoms with Gasteiger partial charge in [-0.1, -0.05) is 33.1 Å². The second-order valence-corrected chi connectivity index (χ2v) is 7.41. The van der Waals surface area contributed by atoms with Crippen molar-refractivity contribution in [2.24, 2.45) is 17.3 Å². The lowest BCUT2D eigenvalue weighted by atomic mass is 9.59. The molecule has 2 aliphatic carbocycles. The highest BCUT2D eigenvalue weighted by molar-refractivity contribution is 5.68. The van der Waals surface area contributed by atoms with Gasteiger partial charge in [0.15, 0.2) is 0 Å². The van der Waals surface area contributed by atoms with Crippen molar-refractivity contribution in [2.75, 3.05) is 0 Å². The van der Waals surface area contributed by atoms with Crippen LogP contribution in [0.25, 0.3) is 0 Å². The lowest BCUT2D eigenvalue weighted by Crippen LogP contribution is -2.42. The first-order valence-electron chi connectivity index (χ1n) is 8.19. The minimum absolute atomic E-state index is 0.216. The van der Waals surface area contributed by atoms with Gasteiger partial charge in [-0.25, -0.2) is 4.98 Å². The van der Waals surface area contributed by atoms with Gasteiger partial charge in [-0.05, 0) is 36.5 Å². The summed E-state index contributed by atoms with van der Waals surface area (Å²) in [5.74, 6) is 1.84. The fraction of sp³-hybridized carbons (Fsp3) is 0.765. The van der Waals surface area contributed by atoms with E-state index < -0.39 is 0 Å². The van der Waals surface area contributed by atoms with Crippen LogP contribution >= 0.6 is 0 Å². The Kier molecular flexibility index (Phi) is 3.80. The van der Waals surface area contributed by atoms with Crippen LogP contribution in [0.15, 0.2) is 12.5 Å². The Morgan fingerprint density at radius 2 is 2.10 bits per heavy atom. The van der Waals surface area contributed by atoms with E-state index in [2.05, 4.69) is 23.4 Å². The van der Waals surface area contributed by atoms with Crippen molar-refractivity contribution in [1.82, 2.24) is 9.55 Å². The quantitative estimate of drug-likeness (QED) is 0.774. The van der Waals surface area contributed by atoms with E-state index >= 15 is 0 Å². The molecular formula is C17H26N2O2. The molecule has 3 unspecified atom stereocenters. The van der Waals surface area contributed by atoms with E-state index in [0.717, 1.165) is 5.92 Å². The van der Waals surface area contributed by atoms with E-state index in [0.29, 0.717) is 17.8 Å². The lowest BCUT2D eigenvalue weighted by Gasteiger charge is -2.50. The van der Waals surface area contributed by atoms with Crippen molar-refractivity contribution >= 4 is 5.97 Å². The summed E-state index contributed by atoms with van der Waals surface area (Å²) >= 11 is 0. The maximum absolute atomic E-state index is 11.3. The molecule has 0 aliphatic heterocycles. The van der Waals surface area contributed by atoms with Crippen LogP contribution in [0, 0.1) is 17.3 Å². The van der Waals surface area contributed by atoms with E-state index in [1.807, 2.05) is 6.33 Å². The van der Waals surface area contributed by atoms with E-state index in [1.54, 1.807) is 6.20 Å². The molecule has 2 aliphatic rings. The highest BCUT2D eigenvalue weighted by atomic mass is 16.5. The molecule has 0 spiro atoms. The molecule has 2 fully saturated rings. The van der Waals surface area contributed by atoms with Crippen LogP contribution in [0.1, 0.15) is 65.3 Å². The standard InChI is InChI=1S/C17H26N2O2/c1-12(20)21-15-10-18-11-19(15)16-14-7-5-4-6-13(14)8-9-17(16,2)3/h10-11,13-14,16H,4-9H2,1-3H3. The molecule has 116 valence electrons. The number of imidazole rings is 1. The molecule has 2 saturated carbocycles. The largest absolute Gasteiger partial charge is 0.408 e. The molecule has 1 aromatic heterocycles. The number of ether oxygens (including phenoxy) is 1. The first-order valence-corrected chi connectivity index (χ1v) is 8.19. The number of esters is 1. The Labute approximate surface area is 126 Å². The maximum atomic E-state index is 11.3. The van der Waals surface area contributed by atoms with Gasteiger partial charge in [0.05, 0.1) is 12.5 Å². The summed E-state index contributed by atoms with van der Waals surface area (Å²) in [6, 6.07) is 0.383. The van der Waals surface area contributed by atoms with E-state index in [1.165, 1.54) is 45.4 Å². The maximum Gasteiger partial charge on any atom is 0.309 e. The predicted octanol–water partition coefficient (Wildman–Crippen LogP) is 3.98. The van der Waals surface area contributed by atoms with Crippen molar-refractivity contribution < 1.29 is 9.53 Å². The van der Waals surface area contributed by atoms with Gasteiger partial charge in [0.2, 0.25) is 5.88 Å². The SMILES string of the molecule is CC(=O)Oc1cncn1C1C2CCCCC2CCC1(C)C. The first kappa shape index (κ1) is 14.6. The Bertz CT molecular complexity index is 521. The second-order valence-electron chi connectivity index (χ2n) is 7.41. The fourth-order valence-electron chi connectivity index (χ4n) is 4.61.